The summed E-state index contributed by atoms with van der Waals surface area (Å²) < 4.78 is 5.66. The van der Waals surface area contributed by atoms with Crippen molar-refractivity contribution in [2.75, 3.05) is 18.9 Å². The fourth-order valence-corrected chi connectivity index (χ4v) is 1.98. The van der Waals surface area contributed by atoms with E-state index in [9.17, 15) is 9.90 Å². The Balaban J connectivity index is 2.71. The van der Waals surface area contributed by atoms with Crippen LogP contribution in [0.3, 0.4) is 0 Å². The van der Waals surface area contributed by atoms with Crippen molar-refractivity contribution in [2.45, 2.75) is 46.3 Å². The Hall–Kier alpha value is -1.75. The van der Waals surface area contributed by atoms with Crippen LogP contribution in [-0.2, 0) is 0 Å². The molecular formula is C16H26N2O3. The van der Waals surface area contributed by atoms with Gasteiger partial charge in [-0.15, -0.1) is 0 Å². The van der Waals surface area contributed by atoms with Crippen LogP contribution in [-0.4, -0.2) is 41.3 Å². The van der Waals surface area contributed by atoms with Crippen LogP contribution < -0.4 is 10.1 Å². The first kappa shape index (κ1) is 17.3. The van der Waals surface area contributed by atoms with Crippen molar-refractivity contribution in [2.24, 2.45) is 0 Å². The van der Waals surface area contributed by atoms with Gasteiger partial charge >= 0.3 is 6.03 Å². The Morgan fingerprint density at radius 3 is 2.52 bits per heavy atom. The number of aliphatic hydroxyl groups is 1. The van der Waals surface area contributed by atoms with E-state index in [-0.39, 0.29) is 18.7 Å². The molecule has 0 saturated heterocycles. The molecule has 2 amide bonds. The minimum atomic E-state index is -0.920. The van der Waals surface area contributed by atoms with Crippen LogP contribution >= 0.6 is 0 Å². The zero-order valence-electron chi connectivity index (χ0n) is 13.7. The summed E-state index contributed by atoms with van der Waals surface area (Å²) in [5.41, 5.74) is 0.750. The van der Waals surface area contributed by atoms with Crippen molar-refractivity contribution in [3.05, 3.63) is 23.8 Å². The molecule has 0 heterocycles. The Bertz CT molecular complexity index is 493. The van der Waals surface area contributed by atoms with Crippen molar-refractivity contribution in [1.82, 2.24) is 4.90 Å². The van der Waals surface area contributed by atoms with E-state index in [4.69, 9.17) is 4.74 Å². The van der Waals surface area contributed by atoms with E-state index in [1.54, 1.807) is 27.0 Å². The number of hydrogen-bond acceptors (Lipinski definition) is 3. The van der Waals surface area contributed by atoms with Gasteiger partial charge in [-0.25, -0.2) is 4.79 Å². The van der Waals surface area contributed by atoms with Gasteiger partial charge in [0.1, 0.15) is 5.75 Å². The maximum absolute atomic E-state index is 12.0. The Labute approximate surface area is 126 Å². The third-order valence-corrected chi connectivity index (χ3v) is 2.76. The molecule has 0 aliphatic carbocycles. The molecule has 1 rings (SSSR count). The van der Waals surface area contributed by atoms with E-state index < -0.39 is 5.60 Å². The van der Waals surface area contributed by atoms with Crippen LogP contribution in [0.2, 0.25) is 0 Å². The third kappa shape index (κ3) is 6.04. The van der Waals surface area contributed by atoms with Gasteiger partial charge in [-0.1, -0.05) is 0 Å². The van der Waals surface area contributed by atoms with E-state index >= 15 is 0 Å². The van der Waals surface area contributed by atoms with E-state index in [0.29, 0.717) is 5.69 Å². The predicted molar refractivity (Wildman–Crippen MR) is 84.9 cm³/mol. The normalized spacial score (nSPS) is 11.4. The predicted octanol–water partition coefficient (Wildman–Crippen LogP) is 3.02. The largest absolute Gasteiger partial charge is 0.491 e. The summed E-state index contributed by atoms with van der Waals surface area (Å²) in [5, 5.41) is 12.5. The Morgan fingerprint density at radius 1 is 1.43 bits per heavy atom. The summed E-state index contributed by atoms with van der Waals surface area (Å²) in [6, 6.07) is 5.27. The summed E-state index contributed by atoms with van der Waals surface area (Å²) in [5.74, 6) is 0.813. The highest BCUT2D eigenvalue weighted by molar-refractivity contribution is 5.89. The average molecular weight is 294 g/mol. The molecule has 0 bridgehead atoms. The molecule has 5 heteroatoms. The van der Waals surface area contributed by atoms with Gasteiger partial charge in [-0.3, -0.25) is 0 Å². The van der Waals surface area contributed by atoms with Gasteiger partial charge in [-0.2, -0.15) is 0 Å². The number of urea groups is 1. The molecule has 0 unspecified atom stereocenters. The lowest BCUT2D eigenvalue weighted by Crippen LogP contribution is -2.41. The fourth-order valence-electron chi connectivity index (χ4n) is 1.98. The standard InChI is InChI=1S/C16H26N2O3/c1-11(2)21-14-8-7-13(9-12(14)3)17-15(19)18(6)10-16(4,5)20/h7-9,11,20H,10H2,1-6H3,(H,17,19). The van der Waals surface area contributed by atoms with Crippen LogP contribution in [0.4, 0.5) is 10.5 Å². The number of carbonyl (C=O) groups excluding carboxylic acids is 1. The summed E-state index contributed by atoms with van der Waals surface area (Å²) in [6.45, 7) is 9.47. The lowest BCUT2D eigenvalue weighted by atomic mass is 10.1. The second-order valence-corrected chi connectivity index (χ2v) is 6.25. The summed E-state index contributed by atoms with van der Waals surface area (Å²) in [6.07, 6.45) is 0.113. The minimum Gasteiger partial charge on any atom is -0.491 e. The molecule has 0 aliphatic rings. The second kappa shape index (κ2) is 6.80. The molecule has 0 aromatic heterocycles. The molecule has 5 nitrogen and oxygen atoms in total. The number of nitrogens with zero attached hydrogens (tertiary/aromatic N) is 1. The zero-order valence-corrected chi connectivity index (χ0v) is 13.7. The molecule has 0 aliphatic heterocycles. The Kier molecular flexibility index (Phi) is 5.61. The molecule has 0 saturated carbocycles. The van der Waals surface area contributed by atoms with Gasteiger partial charge in [0.25, 0.3) is 0 Å². The number of anilines is 1. The number of carbonyl (C=O) groups is 1. The van der Waals surface area contributed by atoms with E-state index in [1.807, 2.05) is 32.9 Å². The SMILES string of the molecule is Cc1cc(NC(=O)N(C)CC(C)(C)O)ccc1OC(C)C. The molecule has 2 N–H and O–H groups in total. The number of ether oxygens (including phenoxy) is 1. The smallest absolute Gasteiger partial charge is 0.321 e. The quantitative estimate of drug-likeness (QED) is 0.877. The number of aryl methyl sites for hydroxylation is 1. The number of rotatable bonds is 5. The Morgan fingerprint density at radius 2 is 2.05 bits per heavy atom. The van der Waals surface area contributed by atoms with Crippen molar-refractivity contribution in [3.8, 4) is 5.75 Å². The van der Waals surface area contributed by atoms with E-state index in [2.05, 4.69) is 5.32 Å². The summed E-state index contributed by atoms with van der Waals surface area (Å²) in [4.78, 5) is 13.5. The first-order valence-corrected chi connectivity index (χ1v) is 7.10. The fraction of sp³-hybridized carbons (Fsp3) is 0.562. The van der Waals surface area contributed by atoms with Gasteiger partial charge in [-0.05, 0) is 58.4 Å². The third-order valence-electron chi connectivity index (χ3n) is 2.76. The first-order chi connectivity index (χ1) is 9.58. The molecule has 0 fully saturated rings. The van der Waals surface area contributed by atoms with Crippen molar-refractivity contribution >= 4 is 11.7 Å². The monoisotopic (exact) mass is 294 g/mol. The average Bonchev–Trinajstić information content (AvgIpc) is 2.30. The van der Waals surface area contributed by atoms with Gasteiger partial charge in [0.2, 0.25) is 0 Å². The zero-order chi connectivity index (χ0) is 16.2. The van der Waals surface area contributed by atoms with Gasteiger partial charge in [0.15, 0.2) is 0 Å². The van der Waals surface area contributed by atoms with Crippen LogP contribution in [0.25, 0.3) is 0 Å². The summed E-state index contributed by atoms with van der Waals surface area (Å²) in [7, 11) is 1.65. The number of likely N-dealkylation sites (N-methyl/N-ethyl adjacent to an activating group) is 1. The van der Waals surface area contributed by atoms with Crippen LogP contribution in [0.1, 0.15) is 33.3 Å². The maximum atomic E-state index is 12.0. The van der Waals surface area contributed by atoms with Crippen molar-refractivity contribution in [1.29, 1.82) is 0 Å². The molecule has 1 aromatic rings. The minimum absolute atomic E-state index is 0.113. The highest BCUT2D eigenvalue weighted by Crippen LogP contribution is 2.23. The van der Waals surface area contributed by atoms with Crippen molar-refractivity contribution in [3.63, 3.8) is 0 Å². The van der Waals surface area contributed by atoms with Crippen molar-refractivity contribution < 1.29 is 14.6 Å². The number of benzene rings is 1. The van der Waals surface area contributed by atoms with Gasteiger partial charge in [0.05, 0.1) is 18.2 Å². The number of nitrogens with one attached hydrogen (secondary N) is 1. The molecule has 21 heavy (non-hydrogen) atoms. The van der Waals surface area contributed by atoms with E-state index in [1.165, 1.54) is 4.90 Å². The topological polar surface area (TPSA) is 61.8 Å². The van der Waals surface area contributed by atoms with Gasteiger partial charge in [0, 0.05) is 12.7 Å². The molecule has 118 valence electrons. The molecule has 0 radical (unpaired) electrons. The van der Waals surface area contributed by atoms with E-state index in [0.717, 1.165) is 11.3 Å². The van der Waals surface area contributed by atoms with Crippen LogP contribution in [0.5, 0.6) is 5.75 Å². The summed E-state index contributed by atoms with van der Waals surface area (Å²) >= 11 is 0. The van der Waals surface area contributed by atoms with Crippen LogP contribution in [0, 0.1) is 6.92 Å². The highest BCUT2D eigenvalue weighted by atomic mass is 16.5. The number of amides is 2. The molecular weight excluding hydrogens is 268 g/mol. The maximum Gasteiger partial charge on any atom is 0.321 e. The lowest BCUT2D eigenvalue weighted by Gasteiger charge is -2.25. The molecule has 0 spiro atoms. The van der Waals surface area contributed by atoms with Crippen LogP contribution in [0.15, 0.2) is 18.2 Å². The highest BCUT2D eigenvalue weighted by Gasteiger charge is 2.19. The lowest BCUT2D eigenvalue weighted by molar-refractivity contribution is 0.0550. The van der Waals surface area contributed by atoms with Gasteiger partial charge < -0.3 is 20.1 Å². The molecule has 1 aromatic carbocycles. The number of hydrogen-bond donors (Lipinski definition) is 2. The second-order valence-electron chi connectivity index (χ2n) is 6.25. The molecule has 0 atom stereocenters. The first-order valence-electron chi connectivity index (χ1n) is 7.10.